The van der Waals surface area contributed by atoms with Gasteiger partial charge in [-0.2, -0.15) is 5.10 Å². The molecular weight excluding hydrogens is 421 g/mol. The highest BCUT2D eigenvalue weighted by atomic mass is 19.1. The minimum Gasteiger partial charge on any atom is -0.361 e. The first-order valence-corrected chi connectivity index (χ1v) is 10.1. The molecule has 0 saturated heterocycles. The largest absolute Gasteiger partial charge is 0.361 e. The van der Waals surface area contributed by atoms with Crippen molar-refractivity contribution in [1.82, 2.24) is 18.9 Å². The molecule has 0 N–H and O–H groups in total. The molecule has 1 atom stereocenters. The molecule has 170 valence electrons. The molecule has 0 aliphatic heterocycles. The Balaban J connectivity index is 2.22. The molecule has 1 unspecified atom stereocenters. The highest BCUT2D eigenvalue weighted by Crippen LogP contribution is 2.28. The van der Waals surface area contributed by atoms with Gasteiger partial charge in [0.2, 0.25) is 0 Å². The first kappa shape index (κ1) is 23.1. The van der Waals surface area contributed by atoms with Crippen molar-refractivity contribution < 1.29 is 14.1 Å². The lowest BCUT2D eigenvalue weighted by Crippen LogP contribution is -2.43. The van der Waals surface area contributed by atoms with E-state index in [1.54, 1.807) is 25.1 Å². The second-order valence-electron chi connectivity index (χ2n) is 7.27. The highest BCUT2D eigenvalue weighted by molar-refractivity contribution is 5.68. The number of ether oxygens (including phenoxy) is 1. The van der Waals surface area contributed by atoms with Crippen LogP contribution in [-0.2, 0) is 17.8 Å². The first-order valence-electron chi connectivity index (χ1n) is 10.1. The molecule has 2 heterocycles. The van der Waals surface area contributed by atoms with Crippen LogP contribution < -0.4 is 11.2 Å². The average Bonchev–Trinajstić information content (AvgIpc) is 3.22. The number of hydrogen-bond acceptors (Lipinski definition) is 6. The Morgan fingerprint density at radius 1 is 1.28 bits per heavy atom. The van der Waals surface area contributed by atoms with Gasteiger partial charge in [-0.1, -0.05) is 31.5 Å². The van der Waals surface area contributed by atoms with E-state index in [0.717, 1.165) is 9.13 Å². The van der Waals surface area contributed by atoms with Gasteiger partial charge >= 0.3 is 16.9 Å². The molecule has 2 aromatic heterocycles. The normalized spacial score (nSPS) is 12.1. The number of benzene rings is 1. The fourth-order valence-electron chi connectivity index (χ4n) is 3.43. The lowest BCUT2D eigenvalue weighted by atomic mass is 10.2. The minimum atomic E-state index is -0.982. The van der Waals surface area contributed by atoms with Gasteiger partial charge in [0.25, 0.3) is 0 Å². The van der Waals surface area contributed by atoms with Gasteiger partial charge in [-0.25, -0.2) is 9.18 Å². The minimum absolute atomic E-state index is 0.0538. The van der Waals surface area contributed by atoms with Gasteiger partial charge in [-0.15, -0.1) is 0 Å². The molecule has 11 heteroatoms. The maximum atomic E-state index is 14.0. The quantitative estimate of drug-likeness (QED) is 0.370. The third kappa shape index (κ3) is 4.37. The second-order valence-corrected chi connectivity index (χ2v) is 7.27. The summed E-state index contributed by atoms with van der Waals surface area (Å²) in [5, 5.41) is 16.1. The van der Waals surface area contributed by atoms with E-state index in [-0.39, 0.29) is 24.3 Å². The van der Waals surface area contributed by atoms with E-state index in [1.807, 2.05) is 6.92 Å². The van der Waals surface area contributed by atoms with Crippen LogP contribution in [0.15, 0.2) is 46.2 Å². The number of methoxy groups -OCH3 is 1. The Bertz CT molecular complexity index is 1250. The van der Waals surface area contributed by atoms with Crippen LogP contribution in [0, 0.1) is 15.9 Å². The van der Waals surface area contributed by atoms with Crippen LogP contribution in [0.25, 0.3) is 11.3 Å². The Labute approximate surface area is 182 Å². The number of hydrogen-bond donors (Lipinski definition) is 0. The summed E-state index contributed by atoms with van der Waals surface area (Å²) in [5.41, 5.74) is -2.09. The number of aromatic nitrogens is 4. The van der Waals surface area contributed by atoms with Crippen molar-refractivity contribution in [1.29, 1.82) is 0 Å². The van der Waals surface area contributed by atoms with Crippen molar-refractivity contribution in [3.63, 3.8) is 0 Å². The SMILES string of the molecule is CCCCn1c(=O)c([N+](=O)[O-])c(-c2cnn(Cc3ccccc3F)c2)n(C(C)OC)c1=O. The van der Waals surface area contributed by atoms with Gasteiger partial charge in [0.05, 0.1) is 17.7 Å². The molecule has 0 radical (unpaired) electrons. The molecule has 0 spiro atoms. The van der Waals surface area contributed by atoms with E-state index in [4.69, 9.17) is 4.74 Å². The summed E-state index contributed by atoms with van der Waals surface area (Å²) in [6.07, 6.45) is 3.05. The number of nitro groups is 1. The van der Waals surface area contributed by atoms with E-state index in [1.165, 1.54) is 30.3 Å². The van der Waals surface area contributed by atoms with Crippen LogP contribution in [0.5, 0.6) is 0 Å². The molecule has 0 aliphatic carbocycles. The molecule has 0 aliphatic rings. The number of rotatable bonds is 9. The van der Waals surface area contributed by atoms with Gasteiger partial charge in [-0.3, -0.25) is 28.7 Å². The molecule has 0 amide bonds. The van der Waals surface area contributed by atoms with Crippen LogP contribution in [0.2, 0.25) is 0 Å². The highest BCUT2D eigenvalue weighted by Gasteiger charge is 2.31. The third-order valence-electron chi connectivity index (χ3n) is 5.17. The van der Waals surface area contributed by atoms with Crippen molar-refractivity contribution in [2.75, 3.05) is 7.11 Å². The molecule has 32 heavy (non-hydrogen) atoms. The van der Waals surface area contributed by atoms with Gasteiger partial charge in [0.15, 0.2) is 0 Å². The van der Waals surface area contributed by atoms with Crippen molar-refractivity contribution in [2.45, 2.75) is 46.0 Å². The fraction of sp³-hybridized carbons (Fsp3) is 0.381. The molecular formula is C21H24FN5O5. The van der Waals surface area contributed by atoms with Crippen molar-refractivity contribution in [3.05, 3.63) is 79.0 Å². The lowest BCUT2D eigenvalue weighted by molar-refractivity contribution is -0.386. The summed E-state index contributed by atoms with van der Waals surface area (Å²) in [4.78, 5) is 37.2. The Morgan fingerprint density at radius 2 is 2.00 bits per heavy atom. The van der Waals surface area contributed by atoms with Gasteiger partial charge in [0.1, 0.15) is 17.7 Å². The standard InChI is InChI=1S/C21H24FN5O5/c1-4-5-10-25-20(28)19(27(30)31)18(26(21(25)29)14(2)32-3)16-11-23-24(13-16)12-15-8-6-7-9-17(15)22/h6-9,11,13-14H,4-5,10,12H2,1-3H3. The van der Waals surface area contributed by atoms with Crippen molar-refractivity contribution in [3.8, 4) is 11.3 Å². The predicted molar refractivity (Wildman–Crippen MR) is 115 cm³/mol. The maximum absolute atomic E-state index is 14.0. The summed E-state index contributed by atoms with van der Waals surface area (Å²) in [7, 11) is 1.36. The van der Waals surface area contributed by atoms with Crippen LogP contribution in [-0.4, -0.2) is 30.9 Å². The van der Waals surface area contributed by atoms with E-state index >= 15 is 0 Å². The zero-order valence-corrected chi connectivity index (χ0v) is 18.0. The number of unbranched alkanes of at least 4 members (excludes halogenated alkanes) is 1. The third-order valence-corrected chi connectivity index (χ3v) is 5.17. The maximum Gasteiger partial charge on any atom is 0.358 e. The summed E-state index contributed by atoms with van der Waals surface area (Å²) < 4.78 is 22.6. The van der Waals surface area contributed by atoms with Crippen molar-refractivity contribution in [2.24, 2.45) is 0 Å². The van der Waals surface area contributed by atoms with Gasteiger partial charge in [-0.05, 0) is 19.4 Å². The molecule has 0 bridgehead atoms. The van der Waals surface area contributed by atoms with Crippen LogP contribution >= 0.6 is 0 Å². The zero-order valence-electron chi connectivity index (χ0n) is 18.0. The van der Waals surface area contributed by atoms with Crippen LogP contribution in [0.1, 0.15) is 38.5 Å². The monoisotopic (exact) mass is 445 g/mol. The molecule has 1 aromatic carbocycles. The van der Waals surface area contributed by atoms with E-state index in [2.05, 4.69) is 5.10 Å². The Morgan fingerprint density at radius 3 is 2.62 bits per heavy atom. The summed E-state index contributed by atoms with van der Waals surface area (Å²) >= 11 is 0. The van der Waals surface area contributed by atoms with E-state index in [0.29, 0.717) is 18.4 Å². The average molecular weight is 445 g/mol. The summed E-state index contributed by atoms with van der Waals surface area (Å²) in [5.74, 6) is -0.418. The molecule has 10 nitrogen and oxygen atoms in total. The molecule has 0 fully saturated rings. The van der Waals surface area contributed by atoms with E-state index in [9.17, 15) is 24.1 Å². The number of nitrogens with zero attached hydrogens (tertiary/aromatic N) is 5. The first-order chi connectivity index (χ1) is 15.3. The summed E-state index contributed by atoms with van der Waals surface area (Å²) in [6, 6.07) is 6.16. The Kier molecular flexibility index (Phi) is 6.98. The predicted octanol–water partition coefficient (Wildman–Crippen LogP) is 2.93. The van der Waals surface area contributed by atoms with Crippen LogP contribution in [0.4, 0.5) is 10.1 Å². The lowest BCUT2D eigenvalue weighted by Gasteiger charge is -2.19. The van der Waals surface area contributed by atoms with Crippen LogP contribution in [0.3, 0.4) is 0 Å². The smallest absolute Gasteiger partial charge is 0.358 e. The Hall–Kier alpha value is -3.60. The number of halogens is 1. The molecule has 3 aromatic rings. The van der Waals surface area contributed by atoms with Gasteiger partial charge < -0.3 is 4.74 Å². The van der Waals surface area contributed by atoms with Gasteiger partial charge in [0, 0.05) is 31.0 Å². The molecule has 3 rings (SSSR count). The second kappa shape index (κ2) is 9.69. The van der Waals surface area contributed by atoms with Crippen molar-refractivity contribution >= 4 is 5.69 Å². The molecule has 0 saturated carbocycles. The topological polar surface area (TPSA) is 114 Å². The fourth-order valence-corrected chi connectivity index (χ4v) is 3.43. The zero-order chi connectivity index (χ0) is 23.4. The summed E-state index contributed by atoms with van der Waals surface area (Å²) in [6.45, 7) is 3.55. The van der Waals surface area contributed by atoms with E-state index < -0.39 is 33.9 Å².